The molecule has 1 unspecified atom stereocenters. The topological polar surface area (TPSA) is 35.2 Å². The van der Waals surface area contributed by atoms with Crippen LogP contribution in [-0.4, -0.2) is 20.5 Å². The van der Waals surface area contributed by atoms with Gasteiger partial charge in [-0.05, 0) is 31.0 Å². The van der Waals surface area contributed by atoms with Crippen molar-refractivity contribution in [3.8, 4) is 0 Å². The summed E-state index contributed by atoms with van der Waals surface area (Å²) < 4.78 is 6.34. The Hall–Kier alpha value is 0.137. The summed E-state index contributed by atoms with van der Waals surface area (Å²) in [5.74, 6) is 0.485. The lowest BCUT2D eigenvalue weighted by Crippen LogP contribution is -2.50. The van der Waals surface area contributed by atoms with Crippen LogP contribution in [0.15, 0.2) is 0 Å². The minimum absolute atomic E-state index is 0.110. The summed E-state index contributed by atoms with van der Waals surface area (Å²) in [6, 6.07) is 0.110. The van der Waals surface area contributed by atoms with Crippen LogP contribution < -0.4 is 5.73 Å². The van der Waals surface area contributed by atoms with E-state index in [9.17, 15) is 0 Å². The molecule has 0 rings (SSSR count). The van der Waals surface area contributed by atoms with Gasteiger partial charge in [0, 0.05) is 6.04 Å². The van der Waals surface area contributed by atoms with Crippen molar-refractivity contribution in [3.63, 3.8) is 0 Å². The third-order valence-corrected chi connectivity index (χ3v) is 7.89. The number of hydrogen-bond donors (Lipinski definition) is 1. The molecule has 0 aromatic rings. The Morgan fingerprint density at radius 1 is 1.07 bits per heavy atom. The molecular formula is C12H29NOSi. The summed E-state index contributed by atoms with van der Waals surface area (Å²) in [5.41, 5.74) is 5.99. The maximum absolute atomic E-state index is 6.34. The molecule has 0 aromatic heterocycles. The molecule has 0 fully saturated rings. The highest BCUT2D eigenvalue weighted by atomic mass is 28.4. The fourth-order valence-corrected chi connectivity index (χ4v) is 2.89. The Morgan fingerprint density at radius 3 is 1.67 bits per heavy atom. The SMILES string of the molecule is CC(C)[C@H](O[Si](C)(C)C(C)(C)C)C(C)N. The molecule has 0 bridgehead atoms. The van der Waals surface area contributed by atoms with Crippen molar-refractivity contribution in [2.24, 2.45) is 11.7 Å². The van der Waals surface area contributed by atoms with E-state index >= 15 is 0 Å². The predicted octanol–water partition coefficient (Wildman–Crippen LogP) is 3.38. The van der Waals surface area contributed by atoms with Gasteiger partial charge in [-0.25, -0.2) is 0 Å². The number of rotatable bonds is 4. The van der Waals surface area contributed by atoms with Crippen molar-refractivity contribution < 1.29 is 4.43 Å². The van der Waals surface area contributed by atoms with E-state index in [1.165, 1.54) is 0 Å². The monoisotopic (exact) mass is 231 g/mol. The van der Waals surface area contributed by atoms with Crippen LogP contribution >= 0.6 is 0 Å². The van der Waals surface area contributed by atoms with Gasteiger partial charge in [0.15, 0.2) is 8.32 Å². The Morgan fingerprint density at radius 2 is 1.47 bits per heavy atom. The van der Waals surface area contributed by atoms with Gasteiger partial charge in [-0.2, -0.15) is 0 Å². The molecule has 2 nitrogen and oxygen atoms in total. The van der Waals surface area contributed by atoms with Gasteiger partial charge >= 0.3 is 0 Å². The minimum Gasteiger partial charge on any atom is -0.412 e. The van der Waals surface area contributed by atoms with E-state index in [1.54, 1.807) is 0 Å². The first-order valence-corrected chi connectivity index (χ1v) is 8.83. The largest absolute Gasteiger partial charge is 0.412 e. The molecule has 2 atom stereocenters. The van der Waals surface area contributed by atoms with Crippen LogP contribution in [0.25, 0.3) is 0 Å². The van der Waals surface area contributed by atoms with E-state index in [1.807, 2.05) is 6.92 Å². The zero-order valence-corrected chi connectivity index (χ0v) is 12.7. The molecule has 15 heavy (non-hydrogen) atoms. The molecule has 3 heteroatoms. The van der Waals surface area contributed by atoms with Crippen LogP contribution in [0.2, 0.25) is 18.1 Å². The van der Waals surface area contributed by atoms with Gasteiger partial charge in [0.2, 0.25) is 0 Å². The second kappa shape index (κ2) is 4.98. The van der Waals surface area contributed by atoms with Crippen LogP contribution in [0.5, 0.6) is 0 Å². The van der Waals surface area contributed by atoms with Gasteiger partial charge in [-0.3, -0.25) is 0 Å². The second-order valence-electron chi connectivity index (χ2n) is 6.45. The average molecular weight is 231 g/mol. The van der Waals surface area contributed by atoms with Crippen LogP contribution in [0.1, 0.15) is 41.5 Å². The third kappa shape index (κ3) is 4.25. The molecule has 0 aliphatic carbocycles. The van der Waals surface area contributed by atoms with Gasteiger partial charge in [0.05, 0.1) is 6.10 Å². The maximum atomic E-state index is 6.34. The van der Waals surface area contributed by atoms with E-state index in [0.717, 1.165) is 0 Å². The van der Waals surface area contributed by atoms with E-state index in [2.05, 4.69) is 47.7 Å². The van der Waals surface area contributed by atoms with Crippen molar-refractivity contribution >= 4 is 8.32 Å². The molecule has 2 N–H and O–H groups in total. The molecule has 0 aliphatic rings. The zero-order valence-electron chi connectivity index (χ0n) is 11.7. The second-order valence-corrected chi connectivity index (χ2v) is 11.2. The molecule has 0 heterocycles. The van der Waals surface area contributed by atoms with Gasteiger partial charge in [0.25, 0.3) is 0 Å². The summed E-state index contributed by atoms with van der Waals surface area (Å²) >= 11 is 0. The van der Waals surface area contributed by atoms with Gasteiger partial charge in [0.1, 0.15) is 0 Å². The summed E-state index contributed by atoms with van der Waals surface area (Å²) in [7, 11) is -1.67. The highest BCUT2D eigenvalue weighted by molar-refractivity contribution is 6.74. The van der Waals surface area contributed by atoms with Crippen molar-refractivity contribution in [2.75, 3.05) is 0 Å². The molecule has 0 amide bonds. The number of nitrogens with two attached hydrogens (primary N) is 1. The zero-order chi connectivity index (χ0) is 12.4. The Kier molecular flexibility index (Phi) is 5.02. The van der Waals surface area contributed by atoms with Crippen molar-refractivity contribution in [1.82, 2.24) is 0 Å². The standard InChI is InChI=1S/C12H29NOSi/c1-9(2)11(10(3)13)14-15(7,8)12(4,5)6/h9-11H,13H2,1-8H3/t10?,11-/m0/s1. The van der Waals surface area contributed by atoms with Crippen LogP contribution in [0, 0.1) is 5.92 Å². The molecule has 92 valence electrons. The molecule has 0 aliphatic heterocycles. The first-order valence-electron chi connectivity index (χ1n) is 5.92. The van der Waals surface area contributed by atoms with Gasteiger partial charge < -0.3 is 10.2 Å². The van der Waals surface area contributed by atoms with Crippen molar-refractivity contribution in [2.45, 2.75) is 71.8 Å². The molecule has 0 spiro atoms. The van der Waals surface area contributed by atoms with Crippen molar-refractivity contribution in [3.05, 3.63) is 0 Å². The molecule has 0 radical (unpaired) electrons. The van der Waals surface area contributed by atoms with Crippen LogP contribution in [-0.2, 0) is 4.43 Å². The molecule has 0 saturated heterocycles. The highest BCUT2D eigenvalue weighted by Crippen LogP contribution is 2.38. The fourth-order valence-electron chi connectivity index (χ4n) is 1.37. The first kappa shape index (κ1) is 15.1. The first-order chi connectivity index (χ1) is 6.49. The Bertz CT molecular complexity index is 186. The summed E-state index contributed by atoms with van der Waals surface area (Å²) in [5, 5.41) is 0.259. The van der Waals surface area contributed by atoms with Crippen LogP contribution in [0.3, 0.4) is 0 Å². The Labute approximate surface area is 96.7 Å². The normalized spacial score (nSPS) is 18.0. The molecular weight excluding hydrogens is 202 g/mol. The molecule has 0 saturated carbocycles. The lowest BCUT2D eigenvalue weighted by Gasteiger charge is -2.41. The van der Waals surface area contributed by atoms with E-state index in [-0.39, 0.29) is 17.2 Å². The maximum Gasteiger partial charge on any atom is 0.192 e. The van der Waals surface area contributed by atoms with Gasteiger partial charge in [-0.15, -0.1) is 0 Å². The van der Waals surface area contributed by atoms with E-state index < -0.39 is 8.32 Å². The summed E-state index contributed by atoms with van der Waals surface area (Å²) in [6.45, 7) is 17.8. The fraction of sp³-hybridized carbons (Fsp3) is 1.00. The smallest absolute Gasteiger partial charge is 0.192 e. The van der Waals surface area contributed by atoms with E-state index in [0.29, 0.717) is 5.92 Å². The summed E-state index contributed by atoms with van der Waals surface area (Å²) in [4.78, 5) is 0. The van der Waals surface area contributed by atoms with E-state index in [4.69, 9.17) is 10.2 Å². The third-order valence-electron chi connectivity index (χ3n) is 3.41. The number of hydrogen-bond acceptors (Lipinski definition) is 2. The Balaban J connectivity index is 4.68. The van der Waals surface area contributed by atoms with Crippen LogP contribution in [0.4, 0.5) is 0 Å². The highest BCUT2D eigenvalue weighted by Gasteiger charge is 2.40. The summed E-state index contributed by atoms with van der Waals surface area (Å²) in [6.07, 6.45) is 0.186. The van der Waals surface area contributed by atoms with Crippen molar-refractivity contribution in [1.29, 1.82) is 0 Å². The lowest BCUT2D eigenvalue weighted by atomic mass is 10.0. The lowest BCUT2D eigenvalue weighted by molar-refractivity contribution is 0.113. The molecule has 0 aromatic carbocycles. The average Bonchev–Trinajstić information content (AvgIpc) is 1.96. The predicted molar refractivity (Wildman–Crippen MR) is 70.6 cm³/mol. The van der Waals surface area contributed by atoms with Gasteiger partial charge in [-0.1, -0.05) is 34.6 Å². The minimum atomic E-state index is -1.67. The quantitative estimate of drug-likeness (QED) is 0.753.